The number of rotatable bonds is 7. The van der Waals surface area contributed by atoms with Gasteiger partial charge in [0, 0.05) is 6.04 Å². The van der Waals surface area contributed by atoms with E-state index in [0.29, 0.717) is 24.7 Å². The number of ether oxygens (including phenoxy) is 1. The van der Waals surface area contributed by atoms with Gasteiger partial charge >= 0.3 is 12.0 Å². The molecule has 1 heterocycles. The van der Waals surface area contributed by atoms with Crippen molar-refractivity contribution in [2.75, 3.05) is 13.2 Å². The van der Waals surface area contributed by atoms with Crippen LogP contribution in [-0.2, 0) is 19.1 Å². The Morgan fingerprint density at radius 3 is 2.48 bits per heavy atom. The van der Waals surface area contributed by atoms with Crippen LogP contribution in [0.15, 0.2) is 0 Å². The van der Waals surface area contributed by atoms with Crippen molar-refractivity contribution >= 4 is 23.8 Å². The maximum atomic E-state index is 12.5. The number of imide groups is 1. The molecule has 0 radical (unpaired) electrons. The highest BCUT2D eigenvalue weighted by Crippen LogP contribution is 2.29. The summed E-state index contributed by atoms with van der Waals surface area (Å²) in [6.45, 7) is 7.01. The van der Waals surface area contributed by atoms with Gasteiger partial charge in [-0.15, -0.1) is 0 Å². The van der Waals surface area contributed by atoms with E-state index in [1.807, 2.05) is 0 Å². The first-order valence-electron chi connectivity index (χ1n) is 9.83. The minimum Gasteiger partial charge on any atom is -0.454 e. The van der Waals surface area contributed by atoms with Crippen LogP contribution < -0.4 is 10.6 Å². The van der Waals surface area contributed by atoms with Crippen LogP contribution in [0.4, 0.5) is 4.79 Å². The molecule has 2 rings (SSSR count). The summed E-state index contributed by atoms with van der Waals surface area (Å²) in [5.41, 5.74) is -0.956. The van der Waals surface area contributed by atoms with Crippen molar-refractivity contribution in [2.45, 2.75) is 71.4 Å². The van der Waals surface area contributed by atoms with Crippen LogP contribution in [0.25, 0.3) is 0 Å². The standard InChI is InChI=1S/C19H31N3O5/c1-5-19(6-2)17(25)22(18(26)21-19)10-16(24)27-11-15(23)20-14-9-7-8-12(3)13(14)4/h12-14H,5-11H2,1-4H3,(H,20,23)(H,21,26)/t12-,13+,14-/m1/s1. The van der Waals surface area contributed by atoms with Crippen LogP contribution >= 0.6 is 0 Å². The van der Waals surface area contributed by atoms with E-state index < -0.39 is 36.6 Å². The van der Waals surface area contributed by atoms with Crippen LogP contribution in [0.3, 0.4) is 0 Å². The largest absolute Gasteiger partial charge is 0.454 e. The number of amides is 4. The topological polar surface area (TPSA) is 105 Å². The Balaban J connectivity index is 1.81. The van der Waals surface area contributed by atoms with E-state index in [9.17, 15) is 19.2 Å². The lowest BCUT2D eigenvalue weighted by Gasteiger charge is -2.34. The SMILES string of the molecule is CCC1(CC)NC(=O)N(CC(=O)OCC(=O)N[C@@H]2CCC[C@@H](C)[C@@H]2C)C1=O. The average Bonchev–Trinajstić information content (AvgIpc) is 2.88. The molecule has 1 aliphatic carbocycles. The average molecular weight is 381 g/mol. The van der Waals surface area contributed by atoms with Gasteiger partial charge in [0.15, 0.2) is 6.61 Å². The van der Waals surface area contributed by atoms with Gasteiger partial charge in [0.2, 0.25) is 0 Å². The Morgan fingerprint density at radius 1 is 1.22 bits per heavy atom. The molecule has 8 nitrogen and oxygen atoms in total. The smallest absolute Gasteiger partial charge is 0.326 e. The van der Waals surface area contributed by atoms with E-state index in [0.717, 1.165) is 24.2 Å². The lowest BCUT2D eigenvalue weighted by molar-refractivity contribution is -0.151. The van der Waals surface area contributed by atoms with Gasteiger partial charge in [-0.1, -0.05) is 40.5 Å². The summed E-state index contributed by atoms with van der Waals surface area (Å²) >= 11 is 0. The summed E-state index contributed by atoms with van der Waals surface area (Å²) in [4.78, 5) is 49.4. The summed E-state index contributed by atoms with van der Waals surface area (Å²) in [5, 5.41) is 5.57. The van der Waals surface area contributed by atoms with Crippen LogP contribution in [0.5, 0.6) is 0 Å². The summed E-state index contributed by atoms with van der Waals surface area (Å²) in [6, 6.07) is -0.518. The van der Waals surface area contributed by atoms with Gasteiger partial charge in [-0.05, 0) is 31.1 Å². The maximum absolute atomic E-state index is 12.5. The molecule has 0 spiro atoms. The lowest BCUT2D eigenvalue weighted by atomic mass is 9.78. The number of nitrogens with zero attached hydrogens (tertiary/aromatic N) is 1. The number of esters is 1. The van der Waals surface area contributed by atoms with Crippen molar-refractivity contribution in [3.8, 4) is 0 Å². The number of urea groups is 1. The lowest BCUT2D eigenvalue weighted by Crippen LogP contribution is -2.46. The van der Waals surface area contributed by atoms with Crippen molar-refractivity contribution in [1.82, 2.24) is 15.5 Å². The fourth-order valence-electron chi connectivity index (χ4n) is 3.90. The van der Waals surface area contributed by atoms with Gasteiger partial charge in [0.05, 0.1) is 0 Å². The molecule has 152 valence electrons. The summed E-state index contributed by atoms with van der Waals surface area (Å²) in [6.07, 6.45) is 4.04. The number of carbonyl (C=O) groups is 4. The third-order valence-corrected chi connectivity index (χ3v) is 6.16. The van der Waals surface area contributed by atoms with Gasteiger partial charge < -0.3 is 15.4 Å². The molecule has 2 N–H and O–H groups in total. The molecule has 8 heteroatoms. The molecule has 0 unspecified atom stereocenters. The molecule has 0 aromatic carbocycles. The van der Waals surface area contributed by atoms with Crippen LogP contribution in [0.1, 0.15) is 59.8 Å². The third-order valence-electron chi connectivity index (χ3n) is 6.16. The second kappa shape index (κ2) is 8.71. The van der Waals surface area contributed by atoms with Crippen LogP contribution in [0.2, 0.25) is 0 Å². The number of nitrogens with one attached hydrogen (secondary N) is 2. The molecule has 1 aliphatic heterocycles. The highest BCUT2D eigenvalue weighted by atomic mass is 16.5. The molecule has 1 saturated carbocycles. The second-order valence-electron chi connectivity index (χ2n) is 7.71. The Bertz CT molecular complexity index is 602. The van der Waals surface area contributed by atoms with Gasteiger partial charge in [-0.25, -0.2) is 4.79 Å². The highest BCUT2D eigenvalue weighted by Gasteiger charge is 2.49. The van der Waals surface area contributed by atoms with Gasteiger partial charge in [0.25, 0.3) is 11.8 Å². The summed E-state index contributed by atoms with van der Waals surface area (Å²) in [5.74, 6) is -0.641. The number of carbonyl (C=O) groups excluding carboxylic acids is 4. The molecule has 1 saturated heterocycles. The monoisotopic (exact) mass is 381 g/mol. The number of hydrogen-bond donors (Lipinski definition) is 2. The van der Waals surface area contributed by atoms with Crippen molar-refractivity contribution in [3.05, 3.63) is 0 Å². The molecule has 2 aliphatic rings. The van der Waals surface area contributed by atoms with E-state index in [1.54, 1.807) is 13.8 Å². The second-order valence-corrected chi connectivity index (χ2v) is 7.71. The van der Waals surface area contributed by atoms with Crippen molar-refractivity contribution in [2.24, 2.45) is 11.8 Å². The quantitative estimate of drug-likeness (QED) is 0.515. The van der Waals surface area contributed by atoms with E-state index in [4.69, 9.17) is 4.74 Å². The predicted molar refractivity (Wildman–Crippen MR) is 98.6 cm³/mol. The maximum Gasteiger partial charge on any atom is 0.326 e. The van der Waals surface area contributed by atoms with E-state index in [-0.39, 0.29) is 11.9 Å². The zero-order valence-corrected chi connectivity index (χ0v) is 16.7. The predicted octanol–water partition coefficient (Wildman–Crippen LogP) is 1.58. The highest BCUT2D eigenvalue weighted by molar-refractivity contribution is 6.08. The van der Waals surface area contributed by atoms with Gasteiger partial charge in [0.1, 0.15) is 12.1 Å². The minimum absolute atomic E-state index is 0.0839. The first-order valence-corrected chi connectivity index (χ1v) is 9.83. The minimum atomic E-state index is -0.956. The zero-order chi connectivity index (χ0) is 20.2. The first-order chi connectivity index (χ1) is 12.7. The Kier molecular flexibility index (Phi) is 6.84. The van der Waals surface area contributed by atoms with Gasteiger partial charge in [-0.2, -0.15) is 0 Å². The van der Waals surface area contributed by atoms with E-state index >= 15 is 0 Å². The Labute approximate surface area is 160 Å². The Morgan fingerprint density at radius 2 is 1.89 bits per heavy atom. The molecular formula is C19H31N3O5. The van der Waals surface area contributed by atoms with Crippen molar-refractivity contribution in [3.63, 3.8) is 0 Å². The van der Waals surface area contributed by atoms with Crippen molar-refractivity contribution in [1.29, 1.82) is 0 Å². The Hall–Kier alpha value is -2.12. The molecule has 3 atom stereocenters. The molecule has 2 fully saturated rings. The molecule has 0 aromatic heterocycles. The summed E-state index contributed by atoms with van der Waals surface area (Å²) < 4.78 is 4.98. The first kappa shape index (κ1) is 21.2. The van der Waals surface area contributed by atoms with Crippen molar-refractivity contribution < 1.29 is 23.9 Å². The third kappa shape index (κ3) is 4.59. The fraction of sp³-hybridized carbons (Fsp3) is 0.789. The van der Waals surface area contributed by atoms with E-state index in [2.05, 4.69) is 24.5 Å². The number of hydrogen-bond acceptors (Lipinski definition) is 5. The van der Waals surface area contributed by atoms with Gasteiger partial charge in [-0.3, -0.25) is 19.3 Å². The molecule has 0 bridgehead atoms. The molecule has 4 amide bonds. The zero-order valence-electron chi connectivity index (χ0n) is 16.7. The summed E-state index contributed by atoms with van der Waals surface area (Å²) in [7, 11) is 0. The molecular weight excluding hydrogens is 350 g/mol. The normalized spacial score (nSPS) is 27.3. The molecule has 0 aromatic rings. The van der Waals surface area contributed by atoms with Crippen LogP contribution in [-0.4, -0.2) is 53.4 Å². The fourth-order valence-corrected chi connectivity index (χ4v) is 3.90. The molecule has 27 heavy (non-hydrogen) atoms. The van der Waals surface area contributed by atoms with Crippen LogP contribution in [0, 0.1) is 11.8 Å². The van der Waals surface area contributed by atoms with E-state index in [1.165, 1.54) is 0 Å².